The van der Waals surface area contributed by atoms with Crippen LogP contribution in [0.25, 0.3) is 0 Å². The molecule has 0 saturated carbocycles. The predicted octanol–water partition coefficient (Wildman–Crippen LogP) is 0.622. The molecule has 7 heteroatoms. The first-order chi connectivity index (χ1) is 9.60. The fourth-order valence-electron chi connectivity index (χ4n) is 1.96. The third-order valence-electron chi connectivity index (χ3n) is 3.06. The van der Waals surface area contributed by atoms with Crippen molar-refractivity contribution < 1.29 is 19.8 Å². The Kier molecular flexibility index (Phi) is 5.12. The Bertz CT molecular complexity index is 604. The maximum absolute atomic E-state index is 12.0. The molecule has 1 aromatic rings. The number of aliphatic carboxylic acids is 1. The van der Waals surface area contributed by atoms with Gasteiger partial charge in [0.2, 0.25) is 5.91 Å². The molecular formula is C14H20N2O5. The van der Waals surface area contributed by atoms with Crippen molar-refractivity contribution in [3.8, 4) is 5.75 Å². The molecule has 0 unspecified atom stereocenters. The van der Waals surface area contributed by atoms with Crippen LogP contribution in [0.15, 0.2) is 16.9 Å². The number of hydrogen-bond donors (Lipinski definition) is 3. The summed E-state index contributed by atoms with van der Waals surface area (Å²) in [5.41, 5.74) is -0.673. The van der Waals surface area contributed by atoms with Crippen LogP contribution in [-0.2, 0) is 16.1 Å². The Morgan fingerprint density at radius 1 is 1.33 bits per heavy atom. The third-order valence-corrected chi connectivity index (χ3v) is 3.06. The summed E-state index contributed by atoms with van der Waals surface area (Å²) in [5, 5.41) is 20.7. The molecule has 0 fully saturated rings. The van der Waals surface area contributed by atoms with Crippen LogP contribution in [0.1, 0.15) is 32.4 Å². The number of aromatic hydroxyl groups is 1. The molecule has 21 heavy (non-hydrogen) atoms. The van der Waals surface area contributed by atoms with Crippen LogP contribution in [-0.4, -0.2) is 32.2 Å². The Hall–Kier alpha value is -2.31. The van der Waals surface area contributed by atoms with Gasteiger partial charge in [-0.3, -0.25) is 14.4 Å². The summed E-state index contributed by atoms with van der Waals surface area (Å²) in [6, 6.07) is 2.43. The second-order valence-corrected chi connectivity index (χ2v) is 5.61. The molecule has 1 amide bonds. The summed E-state index contributed by atoms with van der Waals surface area (Å²) < 4.78 is 1.24. The van der Waals surface area contributed by atoms with Gasteiger partial charge in [0.05, 0.1) is 0 Å². The summed E-state index contributed by atoms with van der Waals surface area (Å²) in [4.78, 5) is 34.3. The molecule has 1 rings (SSSR count). The number of aromatic nitrogens is 1. The fourth-order valence-corrected chi connectivity index (χ4v) is 1.96. The number of nitrogens with one attached hydrogen (secondary N) is 1. The van der Waals surface area contributed by atoms with Crippen LogP contribution in [0.3, 0.4) is 0 Å². The normalized spacial score (nSPS) is 11.2. The van der Waals surface area contributed by atoms with Gasteiger partial charge in [-0.1, -0.05) is 0 Å². The molecule has 1 aromatic heterocycles. The van der Waals surface area contributed by atoms with E-state index < -0.39 is 17.1 Å². The molecule has 0 aliphatic heterocycles. The van der Waals surface area contributed by atoms with Crippen molar-refractivity contribution >= 4 is 11.9 Å². The molecule has 1 heterocycles. The van der Waals surface area contributed by atoms with E-state index in [1.165, 1.54) is 10.6 Å². The van der Waals surface area contributed by atoms with Crippen molar-refractivity contribution in [1.82, 2.24) is 9.88 Å². The van der Waals surface area contributed by atoms with Crippen LogP contribution < -0.4 is 10.9 Å². The van der Waals surface area contributed by atoms with E-state index in [0.717, 1.165) is 6.07 Å². The van der Waals surface area contributed by atoms with Crippen LogP contribution >= 0.6 is 0 Å². The van der Waals surface area contributed by atoms with Crippen LogP contribution in [0.5, 0.6) is 5.75 Å². The topological polar surface area (TPSA) is 109 Å². The van der Waals surface area contributed by atoms with Crippen molar-refractivity contribution in [2.75, 3.05) is 0 Å². The zero-order valence-corrected chi connectivity index (χ0v) is 12.3. The second kappa shape index (κ2) is 6.43. The summed E-state index contributed by atoms with van der Waals surface area (Å²) >= 11 is 0. The van der Waals surface area contributed by atoms with Gasteiger partial charge in [0.15, 0.2) is 0 Å². The van der Waals surface area contributed by atoms with Crippen molar-refractivity contribution in [1.29, 1.82) is 0 Å². The fraction of sp³-hybridized carbons (Fsp3) is 0.500. The summed E-state index contributed by atoms with van der Waals surface area (Å²) in [5.74, 6) is -1.46. The lowest BCUT2D eigenvalue weighted by Gasteiger charge is -2.26. The molecule has 0 radical (unpaired) electrons. The van der Waals surface area contributed by atoms with E-state index in [4.69, 9.17) is 5.11 Å². The van der Waals surface area contributed by atoms with Gasteiger partial charge >= 0.3 is 5.97 Å². The number of rotatable bonds is 6. The smallest absolute Gasteiger partial charge is 0.303 e. The van der Waals surface area contributed by atoms with Gasteiger partial charge in [0.25, 0.3) is 5.56 Å². The highest BCUT2D eigenvalue weighted by Crippen LogP contribution is 2.12. The van der Waals surface area contributed by atoms with E-state index in [0.29, 0.717) is 5.69 Å². The van der Waals surface area contributed by atoms with Crippen LogP contribution in [0.4, 0.5) is 0 Å². The molecule has 0 spiro atoms. The minimum Gasteiger partial charge on any atom is -0.508 e. The zero-order valence-electron chi connectivity index (χ0n) is 12.3. The van der Waals surface area contributed by atoms with Gasteiger partial charge in [0, 0.05) is 23.7 Å². The molecule has 0 bridgehead atoms. The first kappa shape index (κ1) is 16.7. The highest BCUT2D eigenvalue weighted by atomic mass is 16.4. The van der Waals surface area contributed by atoms with Gasteiger partial charge < -0.3 is 20.1 Å². The van der Waals surface area contributed by atoms with E-state index in [9.17, 15) is 19.5 Å². The Morgan fingerprint density at radius 3 is 2.48 bits per heavy atom. The molecule has 0 aromatic carbocycles. The molecular weight excluding hydrogens is 276 g/mol. The standard InChI is InChI=1S/C14H20N2O5/c1-9-6-10(17)7-12(19)16(9)8-11(18)15-14(2,3)5-4-13(20)21/h6-7,17H,4-5,8H2,1-3H3,(H,15,18)(H,20,21). The SMILES string of the molecule is Cc1cc(O)cc(=O)n1CC(=O)NC(C)(C)CCC(=O)O. The van der Waals surface area contributed by atoms with E-state index in [-0.39, 0.29) is 31.0 Å². The van der Waals surface area contributed by atoms with Crippen LogP contribution in [0.2, 0.25) is 0 Å². The first-order valence-corrected chi connectivity index (χ1v) is 6.54. The van der Waals surface area contributed by atoms with E-state index in [1.54, 1.807) is 20.8 Å². The van der Waals surface area contributed by atoms with Crippen molar-refractivity contribution in [3.63, 3.8) is 0 Å². The first-order valence-electron chi connectivity index (χ1n) is 6.54. The largest absolute Gasteiger partial charge is 0.508 e. The average molecular weight is 296 g/mol. The van der Waals surface area contributed by atoms with Crippen molar-refractivity contribution in [2.24, 2.45) is 0 Å². The number of amides is 1. The molecule has 0 atom stereocenters. The molecule has 0 aliphatic rings. The van der Waals surface area contributed by atoms with E-state index in [1.807, 2.05) is 0 Å². The lowest BCUT2D eigenvalue weighted by Crippen LogP contribution is -2.46. The monoisotopic (exact) mass is 296 g/mol. The number of carbonyl (C=O) groups is 2. The molecule has 0 saturated heterocycles. The molecule has 3 N–H and O–H groups in total. The minimum atomic E-state index is -0.928. The van der Waals surface area contributed by atoms with Gasteiger partial charge in [0.1, 0.15) is 12.3 Å². The number of nitrogens with zero attached hydrogens (tertiary/aromatic N) is 1. The zero-order chi connectivity index (χ0) is 16.2. The Labute approximate surface area is 122 Å². The number of carbonyl (C=O) groups excluding carboxylic acids is 1. The minimum absolute atomic E-state index is 0.0501. The molecule has 0 aliphatic carbocycles. The second-order valence-electron chi connectivity index (χ2n) is 5.61. The summed E-state index contributed by atoms with van der Waals surface area (Å²) in [6.45, 7) is 4.88. The summed E-state index contributed by atoms with van der Waals surface area (Å²) in [6.07, 6.45) is 0.239. The highest BCUT2D eigenvalue weighted by molar-refractivity contribution is 5.76. The predicted molar refractivity (Wildman–Crippen MR) is 76.2 cm³/mol. The summed E-state index contributed by atoms with van der Waals surface area (Å²) in [7, 11) is 0. The van der Waals surface area contributed by atoms with Gasteiger partial charge in [-0.25, -0.2) is 0 Å². The van der Waals surface area contributed by atoms with Gasteiger partial charge in [-0.2, -0.15) is 0 Å². The lowest BCUT2D eigenvalue weighted by molar-refractivity contribution is -0.137. The van der Waals surface area contributed by atoms with Gasteiger partial charge in [-0.15, -0.1) is 0 Å². The molecule has 116 valence electrons. The molecule has 7 nitrogen and oxygen atoms in total. The van der Waals surface area contributed by atoms with Gasteiger partial charge in [-0.05, 0) is 33.3 Å². The number of aryl methyl sites for hydroxylation is 1. The van der Waals surface area contributed by atoms with Crippen LogP contribution in [0, 0.1) is 6.92 Å². The number of hydrogen-bond acceptors (Lipinski definition) is 4. The Morgan fingerprint density at radius 2 is 1.95 bits per heavy atom. The Balaban J connectivity index is 2.74. The quantitative estimate of drug-likeness (QED) is 0.713. The maximum atomic E-state index is 12.0. The number of carboxylic acid groups (broad SMARTS) is 1. The maximum Gasteiger partial charge on any atom is 0.303 e. The number of carboxylic acids is 1. The van der Waals surface area contributed by atoms with Crippen molar-refractivity contribution in [3.05, 3.63) is 28.2 Å². The highest BCUT2D eigenvalue weighted by Gasteiger charge is 2.22. The van der Waals surface area contributed by atoms with E-state index in [2.05, 4.69) is 5.32 Å². The lowest BCUT2D eigenvalue weighted by atomic mass is 9.98. The van der Waals surface area contributed by atoms with Crippen molar-refractivity contribution in [2.45, 2.75) is 45.7 Å². The average Bonchev–Trinajstić information content (AvgIpc) is 2.31. The third kappa shape index (κ3) is 5.29. The number of pyridine rings is 1. The van der Waals surface area contributed by atoms with E-state index >= 15 is 0 Å².